The van der Waals surface area contributed by atoms with Crippen molar-refractivity contribution in [2.45, 2.75) is 27.3 Å². The fourth-order valence-corrected chi connectivity index (χ4v) is 3.95. The summed E-state index contributed by atoms with van der Waals surface area (Å²) < 4.78 is 8.12. The van der Waals surface area contributed by atoms with Crippen LogP contribution in [0.1, 0.15) is 20.8 Å². The van der Waals surface area contributed by atoms with E-state index < -0.39 is 0 Å². The fourth-order valence-electron chi connectivity index (χ4n) is 2.91. The first kappa shape index (κ1) is 20.2. The summed E-state index contributed by atoms with van der Waals surface area (Å²) in [6, 6.07) is 5.82. The van der Waals surface area contributed by atoms with Gasteiger partial charge in [0.2, 0.25) is 0 Å². The number of fused-ring (bicyclic) bond motifs is 1. The van der Waals surface area contributed by atoms with E-state index in [0.29, 0.717) is 18.3 Å². The number of carbonyl (C=O) groups excluding carboxylic acids is 1. The van der Waals surface area contributed by atoms with Crippen LogP contribution in [0.3, 0.4) is 0 Å². The Morgan fingerprint density at radius 3 is 2.71 bits per heavy atom. The molecule has 0 saturated heterocycles. The second-order valence-corrected chi connectivity index (χ2v) is 7.23. The van der Waals surface area contributed by atoms with Gasteiger partial charge in [0.1, 0.15) is 24.9 Å². The molecule has 1 amide bonds. The minimum atomic E-state index is -0.0539. The molecule has 0 saturated carbocycles. The molecule has 28 heavy (non-hydrogen) atoms. The van der Waals surface area contributed by atoms with Gasteiger partial charge in [-0.15, -0.1) is 0 Å². The van der Waals surface area contributed by atoms with Gasteiger partial charge >= 0.3 is 0 Å². The maximum absolute atomic E-state index is 13.0. The van der Waals surface area contributed by atoms with Gasteiger partial charge in [-0.3, -0.25) is 9.69 Å². The highest BCUT2D eigenvalue weighted by Crippen LogP contribution is 2.31. The number of aromatic nitrogens is 4. The second kappa shape index (κ2) is 9.61. The number of thiazole rings is 1. The van der Waals surface area contributed by atoms with Crippen LogP contribution < -0.4 is 9.64 Å². The molecule has 0 aliphatic carbocycles. The van der Waals surface area contributed by atoms with Gasteiger partial charge in [0.15, 0.2) is 5.13 Å². The molecule has 0 bridgehead atoms. The Kier molecular flexibility index (Phi) is 6.94. The lowest BCUT2D eigenvalue weighted by Crippen LogP contribution is -2.40. The quantitative estimate of drug-likeness (QED) is 0.519. The van der Waals surface area contributed by atoms with E-state index in [9.17, 15) is 4.79 Å². The van der Waals surface area contributed by atoms with Crippen LogP contribution in [0.15, 0.2) is 30.9 Å². The van der Waals surface area contributed by atoms with Crippen LogP contribution in [-0.2, 0) is 11.3 Å². The first-order valence-electron chi connectivity index (χ1n) is 9.53. The van der Waals surface area contributed by atoms with E-state index in [2.05, 4.69) is 28.8 Å². The third kappa shape index (κ3) is 4.85. The zero-order valence-corrected chi connectivity index (χ0v) is 17.4. The van der Waals surface area contributed by atoms with Crippen LogP contribution in [0, 0.1) is 0 Å². The molecule has 1 aromatic carbocycles. The molecule has 0 radical (unpaired) electrons. The van der Waals surface area contributed by atoms with Crippen LogP contribution in [-0.4, -0.2) is 63.3 Å². The number of carbonyl (C=O) groups is 1. The number of hydrogen-bond donors (Lipinski definition) is 0. The lowest BCUT2D eigenvalue weighted by Gasteiger charge is -2.24. The highest BCUT2D eigenvalue weighted by Gasteiger charge is 2.21. The monoisotopic (exact) mass is 402 g/mol. The maximum Gasteiger partial charge on any atom is 0.250 e. The predicted molar refractivity (Wildman–Crippen MR) is 111 cm³/mol. The van der Waals surface area contributed by atoms with Gasteiger partial charge in [0.25, 0.3) is 5.91 Å². The van der Waals surface area contributed by atoms with Crippen molar-refractivity contribution in [1.82, 2.24) is 24.6 Å². The van der Waals surface area contributed by atoms with Crippen molar-refractivity contribution < 1.29 is 9.53 Å². The number of amides is 1. The third-order valence-corrected chi connectivity index (χ3v) is 5.53. The molecule has 3 aromatic rings. The van der Waals surface area contributed by atoms with Crippen molar-refractivity contribution in [2.24, 2.45) is 0 Å². The predicted octanol–water partition coefficient (Wildman–Crippen LogP) is 2.66. The first-order valence-corrected chi connectivity index (χ1v) is 10.3. The highest BCUT2D eigenvalue weighted by atomic mass is 32.1. The van der Waals surface area contributed by atoms with Crippen LogP contribution in [0.5, 0.6) is 5.75 Å². The average Bonchev–Trinajstić information content (AvgIpc) is 3.34. The third-order valence-electron chi connectivity index (χ3n) is 4.49. The van der Waals surface area contributed by atoms with Crippen molar-refractivity contribution >= 4 is 32.6 Å². The molecule has 0 atom stereocenters. The van der Waals surface area contributed by atoms with Crippen LogP contribution in [0.4, 0.5) is 5.13 Å². The van der Waals surface area contributed by atoms with Gasteiger partial charge in [-0.1, -0.05) is 25.2 Å². The van der Waals surface area contributed by atoms with E-state index >= 15 is 0 Å². The van der Waals surface area contributed by atoms with E-state index in [1.54, 1.807) is 11.2 Å². The normalized spacial score (nSPS) is 11.3. The van der Waals surface area contributed by atoms with Crippen LogP contribution in [0.2, 0.25) is 0 Å². The number of ether oxygens (including phenoxy) is 1. The van der Waals surface area contributed by atoms with E-state index in [1.165, 1.54) is 22.3 Å². The Labute approximate surface area is 168 Å². The van der Waals surface area contributed by atoms with Crippen molar-refractivity contribution in [1.29, 1.82) is 0 Å². The topological polar surface area (TPSA) is 76.4 Å². The Bertz CT molecular complexity index is 891. The highest BCUT2D eigenvalue weighted by molar-refractivity contribution is 7.22. The molecule has 0 spiro atoms. The summed E-state index contributed by atoms with van der Waals surface area (Å²) >= 11 is 1.50. The number of nitrogens with zero attached hydrogens (tertiary/aromatic N) is 6. The fraction of sp³-hybridized carbons (Fsp3) is 0.474. The molecular weight excluding hydrogens is 376 g/mol. The summed E-state index contributed by atoms with van der Waals surface area (Å²) in [5, 5.41) is 4.74. The van der Waals surface area contributed by atoms with Crippen LogP contribution >= 0.6 is 11.3 Å². The maximum atomic E-state index is 13.0. The number of hydrogen-bond acceptors (Lipinski definition) is 7. The zero-order valence-electron chi connectivity index (χ0n) is 16.5. The SMILES string of the molecule is CCOc1ccc2nc(N(CCN(CC)CC)C(=O)Cn3cncn3)sc2c1. The van der Waals surface area contributed by atoms with Gasteiger partial charge < -0.3 is 9.64 Å². The van der Waals surface area contributed by atoms with E-state index in [0.717, 1.165) is 35.6 Å². The molecule has 9 heteroatoms. The van der Waals surface area contributed by atoms with E-state index in [4.69, 9.17) is 9.72 Å². The molecule has 0 unspecified atom stereocenters. The lowest BCUT2D eigenvalue weighted by atomic mass is 10.3. The summed E-state index contributed by atoms with van der Waals surface area (Å²) in [5.74, 6) is 0.760. The molecular formula is C19H26N6O2S. The average molecular weight is 403 g/mol. The standard InChI is InChI=1S/C19H26N6O2S/c1-4-23(5-2)9-10-25(18(26)12-24-14-20-13-21-24)19-22-16-8-7-15(27-6-3)11-17(16)28-19/h7-8,11,13-14H,4-6,9-10,12H2,1-3H3. The molecule has 0 fully saturated rings. The molecule has 8 nitrogen and oxygen atoms in total. The van der Waals surface area contributed by atoms with E-state index in [1.807, 2.05) is 25.1 Å². The van der Waals surface area contributed by atoms with Crippen molar-refractivity contribution in [3.05, 3.63) is 30.9 Å². The summed E-state index contributed by atoms with van der Waals surface area (Å²) in [6.07, 6.45) is 2.98. The summed E-state index contributed by atoms with van der Waals surface area (Å²) in [6.45, 7) is 10.2. The summed E-state index contributed by atoms with van der Waals surface area (Å²) in [4.78, 5) is 25.7. The van der Waals surface area contributed by atoms with Gasteiger partial charge in [-0.05, 0) is 38.2 Å². The number of rotatable bonds is 10. The van der Waals surface area contributed by atoms with Crippen molar-refractivity contribution in [2.75, 3.05) is 37.7 Å². The molecule has 0 N–H and O–H groups in total. The molecule has 0 aliphatic rings. The number of anilines is 1. The molecule has 150 valence electrons. The minimum Gasteiger partial charge on any atom is -0.494 e. The van der Waals surface area contributed by atoms with Crippen molar-refractivity contribution in [3.63, 3.8) is 0 Å². The molecule has 3 rings (SSSR count). The van der Waals surface area contributed by atoms with Gasteiger partial charge in [0.05, 0.1) is 16.8 Å². The Morgan fingerprint density at radius 1 is 1.21 bits per heavy atom. The molecule has 2 heterocycles. The second-order valence-electron chi connectivity index (χ2n) is 6.22. The first-order chi connectivity index (χ1) is 13.6. The van der Waals surface area contributed by atoms with Gasteiger partial charge in [-0.25, -0.2) is 14.6 Å². The molecule has 2 aromatic heterocycles. The van der Waals surface area contributed by atoms with Gasteiger partial charge in [0, 0.05) is 13.1 Å². The summed E-state index contributed by atoms with van der Waals surface area (Å²) in [5.41, 5.74) is 0.866. The van der Waals surface area contributed by atoms with Gasteiger partial charge in [-0.2, -0.15) is 5.10 Å². The van der Waals surface area contributed by atoms with E-state index in [-0.39, 0.29) is 12.5 Å². The lowest BCUT2D eigenvalue weighted by molar-refractivity contribution is -0.119. The smallest absolute Gasteiger partial charge is 0.250 e. The molecule has 0 aliphatic heterocycles. The minimum absolute atomic E-state index is 0.0539. The Hall–Kier alpha value is -2.52. The number of likely N-dealkylation sites (N-methyl/N-ethyl adjacent to an activating group) is 1. The largest absolute Gasteiger partial charge is 0.494 e. The zero-order chi connectivity index (χ0) is 19.9. The Balaban J connectivity index is 1.85. The Morgan fingerprint density at radius 2 is 2.04 bits per heavy atom. The van der Waals surface area contributed by atoms with Crippen LogP contribution in [0.25, 0.3) is 10.2 Å². The van der Waals surface area contributed by atoms with Crippen molar-refractivity contribution in [3.8, 4) is 5.75 Å². The summed E-state index contributed by atoms with van der Waals surface area (Å²) in [7, 11) is 0. The number of benzene rings is 1.